The molecule has 8 aromatic heterocycles. The van der Waals surface area contributed by atoms with Crippen LogP contribution in [0.2, 0.25) is 0 Å². The zero-order valence-electron chi connectivity index (χ0n) is 77.9. The molecule has 16 aromatic carbocycles. The molecule has 24 rings (SSSR count). The van der Waals surface area contributed by atoms with Gasteiger partial charge in [0.15, 0.2) is 24.8 Å². The molecule has 0 saturated carbocycles. The maximum absolute atomic E-state index is 8.56. The van der Waals surface area contributed by atoms with Gasteiger partial charge in [-0.1, -0.05) is 197 Å². The lowest BCUT2D eigenvalue weighted by molar-refractivity contribution is -0.659. The summed E-state index contributed by atoms with van der Waals surface area (Å²) in [7, 11) is 8.34. The molecule has 8 heteroatoms. The molecule has 24 aromatic rings. The first kappa shape index (κ1) is 72.1. The quantitative estimate of drug-likeness (QED) is 0.156. The number of hydrogen-bond donors (Lipinski definition) is 0. The Bertz CT molecular complexity index is 8900. The molecule has 125 heavy (non-hydrogen) atoms. The summed E-state index contributed by atoms with van der Waals surface area (Å²) >= 11 is 0. The zero-order chi connectivity index (χ0) is 90.0. The van der Waals surface area contributed by atoms with E-state index in [1.165, 1.54) is 138 Å². The third-order valence-corrected chi connectivity index (χ3v) is 26.4. The lowest BCUT2D eigenvalue weighted by Gasteiger charge is -2.12. The summed E-state index contributed by atoms with van der Waals surface area (Å²) in [6.07, 6.45) is 8.50. The van der Waals surface area contributed by atoms with E-state index in [-0.39, 0.29) is 0 Å². The molecule has 1 unspecified atom stereocenters. The van der Waals surface area contributed by atoms with Crippen LogP contribution < -0.4 is 18.3 Å². The summed E-state index contributed by atoms with van der Waals surface area (Å²) in [5, 5.41) is 27.9. The second-order valence-electron chi connectivity index (χ2n) is 34.6. The maximum atomic E-state index is 8.56. The first-order chi connectivity index (χ1) is 62.5. The topological polar surface area (TPSA) is 68.1 Å². The van der Waals surface area contributed by atoms with Crippen LogP contribution in [0.3, 0.4) is 0 Å². The minimum atomic E-state index is -2.43. The predicted octanol–water partition coefficient (Wildman–Crippen LogP) is 29.9. The molecular weight excluding hydrogens is 1530 g/mol. The molecule has 8 nitrogen and oxygen atoms in total. The van der Waals surface area contributed by atoms with E-state index < -0.39 is 18.6 Å². The van der Waals surface area contributed by atoms with E-state index in [0.29, 0.717) is 5.56 Å². The number of rotatable bonds is 6. The van der Waals surface area contributed by atoms with Gasteiger partial charge >= 0.3 is 0 Å². The van der Waals surface area contributed by atoms with E-state index in [9.17, 15) is 0 Å². The number of pyridine rings is 4. The highest BCUT2D eigenvalue weighted by Crippen LogP contribution is 2.47. The molecule has 0 aliphatic carbocycles. The largest absolute Gasteiger partial charge is 0.455 e. The summed E-state index contributed by atoms with van der Waals surface area (Å²) in [5.74, 6) is -2.34. The Morgan fingerprint density at radius 3 is 0.904 bits per heavy atom. The fourth-order valence-electron chi connectivity index (χ4n) is 19.3. The summed E-state index contributed by atoms with van der Waals surface area (Å²) in [4.78, 5) is 0. The Morgan fingerprint density at radius 2 is 0.544 bits per heavy atom. The Hall–Kier alpha value is -14.6. The van der Waals surface area contributed by atoms with Crippen LogP contribution >= 0.6 is 0 Å². The highest BCUT2D eigenvalue weighted by molar-refractivity contribution is 6.19. The van der Waals surface area contributed by atoms with Crippen molar-refractivity contribution in [1.29, 1.82) is 0 Å². The van der Waals surface area contributed by atoms with Crippen molar-refractivity contribution in [2.45, 2.75) is 87.9 Å². The van der Waals surface area contributed by atoms with Crippen molar-refractivity contribution in [3.05, 3.63) is 360 Å². The molecule has 0 spiro atoms. The Labute approximate surface area is 733 Å². The normalized spacial score (nSPS) is 13.2. The summed E-state index contributed by atoms with van der Waals surface area (Å²) in [6, 6.07) is 100.0. The van der Waals surface area contributed by atoms with Gasteiger partial charge in [0, 0.05) is 85.0 Å². The summed E-state index contributed by atoms with van der Waals surface area (Å²) < 4.78 is 75.6. The summed E-state index contributed by atoms with van der Waals surface area (Å²) in [6.45, 7) is 18.1. The van der Waals surface area contributed by atoms with Crippen LogP contribution in [-0.2, 0) is 28.2 Å². The SMILES string of the molecule is Cc1cc2c(oc3cc4ccccc4cc32)c(-c2cc3ccccc3c[n+]2C)c1C.Cc1ccc2c(oc3cc4ccccc4cc32)c1-c1cc2ccccc2c[n+]1C.[2H]C(C)(C)c1ccc2c(-c3c(C)c(C)cc4c3oc3cc5ccccc5cc34)[n+](C)ccc2c1.[2H]C([2H])([2H])C([2H])(C)c1ccc2c(-c3c(C)c(C)cc4c3oc3cc5ccccc5cc34)[n+](C)ccc2c1. The molecule has 0 saturated heterocycles. The molecule has 0 radical (unpaired) electrons. The third-order valence-electron chi connectivity index (χ3n) is 26.4. The Kier molecular flexibility index (Phi) is 17.6. The van der Waals surface area contributed by atoms with Crippen molar-refractivity contribution in [2.24, 2.45) is 28.2 Å². The van der Waals surface area contributed by atoms with Gasteiger partial charge in [0.05, 0.1) is 33.0 Å². The summed E-state index contributed by atoms with van der Waals surface area (Å²) in [5.41, 5.74) is 26.4. The molecule has 0 aliphatic rings. The van der Waals surface area contributed by atoms with Crippen molar-refractivity contribution in [1.82, 2.24) is 0 Å². The zero-order valence-corrected chi connectivity index (χ0v) is 72.9. The average molecular weight is 1630 g/mol. The fraction of sp³-hybridized carbons (Fsp3) is 0.145. The van der Waals surface area contributed by atoms with E-state index in [1.54, 1.807) is 6.07 Å². The van der Waals surface area contributed by atoms with Crippen molar-refractivity contribution >= 4 is 174 Å². The van der Waals surface area contributed by atoms with Gasteiger partial charge in [0.25, 0.3) is 0 Å². The number of hydrogen-bond acceptors (Lipinski definition) is 4. The van der Waals surface area contributed by atoms with Gasteiger partial charge in [0.1, 0.15) is 72.9 Å². The van der Waals surface area contributed by atoms with Crippen molar-refractivity contribution < 1.29 is 42.8 Å². The fourth-order valence-corrected chi connectivity index (χ4v) is 19.3. The maximum Gasteiger partial charge on any atom is 0.224 e. The molecular formula is C117H98N4O4+4. The Balaban J connectivity index is 0.000000105. The molecule has 8 heterocycles. The second kappa shape index (κ2) is 30.5. The van der Waals surface area contributed by atoms with E-state index in [0.717, 1.165) is 133 Å². The lowest BCUT2D eigenvalue weighted by Crippen LogP contribution is -2.31. The number of aromatic nitrogens is 4. The van der Waals surface area contributed by atoms with Crippen LogP contribution in [0.25, 0.3) is 219 Å². The number of nitrogens with zero attached hydrogens (tertiary/aromatic N) is 4. The smallest absolute Gasteiger partial charge is 0.224 e. The predicted molar refractivity (Wildman–Crippen MR) is 523 cm³/mol. The number of fused-ring (bicyclic) bond motifs is 20. The molecule has 606 valence electrons. The van der Waals surface area contributed by atoms with E-state index in [4.69, 9.17) is 24.5 Å². The first-order valence-corrected chi connectivity index (χ1v) is 43.0. The molecule has 0 bridgehead atoms. The van der Waals surface area contributed by atoms with Crippen LogP contribution in [0, 0.1) is 48.5 Å². The minimum absolute atomic E-state index is 0.473. The molecule has 0 fully saturated rings. The second-order valence-corrected chi connectivity index (χ2v) is 34.6. The van der Waals surface area contributed by atoms with E-state index >= 15 is 0 Å². The molecule has 0 aliphatic heterocycles. The van der Waals surface area contributed by atoms with Crippen molar-refractivity contribution in [2.75, 3.05) is 0 Å². The molecule has 0 N–H and O–H groups in total. The van der Waals surface area contributed by atoms with Crippen LogP contribution in [0.4, 0.5) is 0 Å². The minimum Gasteiger partial charge on any atom is -0.455 e. The van der Waals surface area contributed by atoms with Crippen LogP contribution in [0.5, 0.6) is 0 Å². The standard InChI is InChI=1S/2C31H28NO.C28H22NO.C27H20NO/c2*1-18(2)21-10-11-25-24(15-21)12-13-32(5)30(25)29-20(4)19(3)14-27-26-16-22-8-6-7-9-23(22)17-28(26)33-31(27)29;1-17-12-24-23-13-19-8-4-5-10-21(19)15-26(23)30-28(24)27(18(17)2)25-14-20-9-6-7-11-22(20)16-29(25)3;1-17-11-12-22-23-13-18-7-3-4-9-20(18)15-25(23)29-27(22)26(17)24-14-19-8-5-6-10-21(19)16-28(24)2/h2*6-18H,1-5H3;4-16H,1-3H3;3-16H,1-2H3/q4*+1/i1D3,18D;18D;;. The van der Waals surface area contributed by atoms with Crippen LogP contribution in [0.15, 0.2) is 328 Å². The van der Waals surface area contributed by atoms with Crippen molar-refractivity contribution in [3.8, 4) is 45.0 Å². The van der Waals surface area contributed by atoms with Gasteiger partial charge in [-0.2, -0.15) is 0 Å². The van der Waals surface area contributed by atoms with Gasteiger partial charge in [-0.15, -0.1) is 0 Å². The third kappa shape index (κ3) is 13.3. The van der Waals surface area contributed by atoms with Crippen LogP contribution in [-0.4, -0.2) is 0 Å². The highest BCUT2D eigenvalue weighted by atomic mass is 16.3. The highest BCUT2D eigenvalue weighted by Gasteiger charge is 2.30. The van der Waals surface area contributed by atoms with E-state index in [2.05, 4.69) is 361 Å². The average Bonchev–Trinajstić information content (AvgIpc) is 1.53. The number of aryl methyl sites for hydroxylation is 8. The van der Waals surface area contributed by atoms with E-state index in [1.807, 2.05) is 51.4 Å². The van der Waals surface area contributed by atoms with Gasteiger partial charge in [-0.05, 0) is 266 Å². The van der Waals surface area contributed by atoms with Gasteiger partial charge in [-0.25, -0.2) is 18.3 Å². The monoisotopic (exact) mass is 1630 g/mol. The van der Waals surface area contributed by atoms with Gasteiger partial charge in [0.2, 0.25) is 22.8 Å². The number of benzene rings is 16. The molecule has 0 amide bonds. The first-order valence-electron chi connectivity index (χ1n) is 45.5. The lowest BCUT2D eigenvalue weighted by atomic mass is 9.92. The number of furan rings is 4. The van der Waals surface area contributed by atoms with Crippen LogP contribution in [0.1, 0.15) is 96.3 Å². The van der Waals surface area contributed by atoms with Crippen molar-refractivity contribution in [3.63, 3.8) is 0 Å². The molecule has 1 atom stereocenters. The van der Waals surface area contributed by atoms with Gasteiger partial charge < -0.3 is 17.7 Å². The Morgan fingerprint density at radius 1 is 0.248 bits per heavy atom. The van der Waals surface area contributed by atoms with Gasteiger partial charge in [-0.3, -0.25) is 0 Å².